The fourth-order valence-electron chi connectivity index (χ4n) is 7.42. The first kappa shape index (κ1) is 43.1. The Hall–Kier alpha value is -4.60. The summed E-state index contributed by atoms with van der Waals surface area (Å²) in [6.07, 6.45) is 9.74. The van der Waals surface area contributed by atoms with Crippen molar-refractivity contribution >= 4 is 59.2 Å². The Balaban J connectivity index is 1.64. The van der Waals surface area contributed by atoms with Crippen LogP contribution < -0.4 is 38.1 Å². The van der Waals surface area contributed by atoms with Crippen LogP contribution in [0, 0.1) is 16.7 Å². The van der Waals surface area contributed by atoms with Gasteiger partial charge < -0.3 is 43.0 Å². The highest BCUT2D eigenvalue weighted by atomic mass is 32.2. The van der Waals surface area contributed by atoms with Crippen LogP contribution in [0.25, 0.3) is 6.08 Å². The Morgan fingerprint density at radius 2 is 1.75 bits per heavy atom. The van der Waals surface area contributed by atoms with E-state index in [0.29, 0.717) is 31.6 Å². The van der Waals surface area contributed by atoms with Gasteiger partial charge in [-0.1, -0.05) is 76.5 Å². The second kappa shape index (κ2) is 20.4. The number of primary amides is 1. The number of nitrogens with zero attached hydrogens (tertiary/aromatic N) is 1. The van der Waals surface area contributed by atoms with E-state index in [0.717, 1.165) is 43.2 Å². The van der Waals surface area contributed by atoms with Gasteiger partial charge in [0.1, 0.15) is 30.2 Å². The van der Waals surface area contributed by atoms with E-state index in [1.807, 2.05) is 30.3 Å². The van der Waals surface area contributed by atoms with E-state index in [4.69, 9.17) is 16.9 Å². The van der Waals surface area contributed by atoms with Gasteiger partial charge in [-0.05, 0) is 61.0 Å². The summed E-state index contributed by atoms with van der Waals surface area (Å²) >= 11 is 1.43. The minimum atomic E-state index is -1.12. The molecule has 0 aromatic heterocycles. The van der Waals surface area contributed by atoms with E-state index in [9.17, 15) is 28.8 Å². The third-order valence-electron chi connectivity index (χ3n) is 10.4. The second-order valence-corrected chi connectivity index (χ2v) is 16.8. The summed E-state index contributed by atoms with van der Waals surface area (Å²) < 4.78 is 0. The number of guanidine groups is 1. The lowest BCUT2D eigenvalue weighted by molar-refractivity contribution is -0.140. The average Bonchev–Trinajstić information content (AvgIpc) is 3.63. The van der Waals surface area contributed by atoms with Crippen LogP contribution in [0.2, 0.25) is 0 Å². The molecule has 15 nitrogen and oxygen atoms in total. The smallest absolute Gasteiger partial charge is 0.244 e. The normalized spacial score (nSPS) is 23.4. The third-order valence-corrected chi connectivity index (χ3v) is 11.5. The molecule has 2 aliphatic heterocycles. The van der Waals surface area contributed by atoms with Crippen molar-refractivity contribution in [3.05, 3.63) is 41.5 Å². The van der Waals surface area contributed by atoms with Gasteiger partial charge in [0.05, 0.1) is 0 Å². The van der Waals surface area contributed by atoms with Crippen molar-refractivity contribution in [2.75, 3.05) is 18.8 Å². The van der Waals surface area contributed by atoms with Gasteiger partial charge in [-0.15, -0.1) is 0 Å². The number of hydrogen-bond donors (Lipinski definition) is 8. The minimum absolute atomic E-state index is 0.124. The monoisotopic (exact) mass is 781 g/mol. The number of nitrogens with two attached hydrogens (primary N) is 2. The highest BCUT2D eigenvalue weighted by molar-refractivity contribution is 7.98. The first-order valence-electron chi connectivity index (χ1n) is 19.4. The lowest BCUT2D eigenvalue weighted by Crippen LogP contribution is -2.61. The number of carbonyl (C=O) groups is 6. The van der Waals surface area contributed by atoms with Crippen molar-refractivity contribution in [1.82, 2.24) is 31.5 Å². The molecule has 16 heteroatoms. The van der Waals surface area contributed by atoms with E-state index in [-0.39, 0.29) is 48.8 Å². The largest absolute Gasteiger partial charge is 0.370 e. The van der Waals surface area contributed by atoms with Crippen LogP contribution in [0.15, 0.2) is 30.3 Å². The molecule has 1 aromatic carbocycles. The predicted octanol–water partition coefficient (Wildman–Crippen LogP) is 1.64. The predicted molar refractivity (Wildman–Crippen MR) is 213 cm³/mol. The van der Waals surface area contributed by atoms with Crippen molar-refractivity contribution in [2.24, 2.45) is 22.8 Å². The molecule has 1 aliphatic carbocycles. The molecule has 302 valence electrons. The molecule has 0 radical (unpaired) electrons. The van der Waals surface area contributed by atoms with Crippen LogP contribution in [0.4, 0.5) is 0 Å². The summed E-state index contributed by atoms with van der Waals surface area (Å²) in [5.74, 6) is -2.75. The molecule has 5 atom stereocenters. The standard InChI is InChI=1S/C39H59N9O6S/c1-39(2,3)32(33(40)50)47-34(51)27(16-9-19-43-38(41)42)44-35(52)28-23-55-22-25-13-7-11-24(21-25)12-8-18-30(49)48-20-10-17-29(48)36(53)46-31(37(54)45-28)26-14-5-4-6-15-26/h7-8,11-13,21,26-29,31-32H,4-6,9-10,14-20,22-23H2,1-3H3,(H2,40,50)(H,44,52)(H,45,54)(H,46,53)(H,47,51)(H4,41,42,43)/b12-8+/t27-,28-,29-,31-,32+/m0/s1. The first-order valence-corrected chi connectivity index (χ1v) is 20.5. The molecule has 10 N–H and O–H groups in total. The molecule has 1 saturated heterocycles. The summed E-state index contributed by atoms with van der Waals surface area (Å²) in [5.41, 5.74) is 12.3. The van der Waals surface area contributed by atoms with E-state index in [1.165, 1.54) is 11.8 Å². The van der Waals surface area contributed by atoms with Gasteiger partial charge >= 0.3 is 0 Å². The number of carbonyl (C=O) groups excluding carboxylic acids is 6. The molecule has 2 heterocycles. The van der Waals surface area contributed by atoms with Crippen LogP contribution in [0.5, 0.6) is 0 Å². The fourth-order valence-corrected chi connectivity index (χ4v) is 8.42. The number of hydrogen-bond acceptors (Lipinski definition) is 8. The Morgan fingerprint density at radius 1 is 1.00 bits per heavy atom. The van der Waals surface area contributed by atoms with Crippen LogP contribution in [0.3, 0.4) is 0 Å². The summed E-state index contributed by atoms with van der Waals surface area (Å²) in [6.45, 7) is 5.99. The zero-order valence-electron chi connectivity index (χ0n) is 32.3. The molecule has 4 rings (SSSR count). The lowest BCUT2D eigenvalue weighted by atomic mass is 9.83. The first-order chi connectivity index (χ1) is 26.1. The molecular weight excluding hydrogens is 723 g/mol. The number of thioether (sulfide) groups is 1. The fraction of sp³-hybridized carbons (Fsp3) is 0.615. The summed E-state index contributed by atoms with van der Waals surface area (Å²) in [5, 5.41) is 21.6. The minimum Gasteiger partial charge on any atom is -0.370 e. The highest BCUT2D eigenvalue weighted by Crippen LogP contribution is 2.28. The van der Waals surface area contributed by atoms with E-state index < -0.39 is 59.3 Å². The maximum Gasteiger partial charge on any atom is 0.244 e. The zero-order valence-corrected chi connectivity index (χ0v) is 33.1. The summed E-state index contributed by atoms with van der Waals surface area (Å²) in [6, 6.07) is 2.92. The molecule has 6 amide bonds. The Labute approximate surface area is 328 Å². The van der Waals surface area contributed by atoms with Gasteiger partial charge in [0.15, 0.2) is 5.96 Å². The van der Waals surface area contributed by atoms with Crippen LogP contribution in [0.1, 0.15) is 96.1 Å². The van der Waals surface area contributed by atoms with Gasteiger partial charge in [-0.2, -0.15) is 11.8 Å². The zero-order chi connectivity index (χ0) is 40.1. The quantitative estimate of drug-likeness (QED) is 0.0977. The van der Waals surface area contributed by atoms with Crippen LogP contribution in [-0.4, -0.2) is 95.4 Å². The van der Waals surface area contributed by atoms with Crippen molar-refractivity contribution < 1.29 is 28.8 Å². The Morgan fingerprint density at radius 3 is 2.44 bits per heavy atom. The lowest BCUT2D eigenvalue weighted by Gasteiger charge is -2.33. The molecule has 3 aliphatic rings. The van der Waals surface area contributed by atoms with E-state index >= 15 is 0 Å². The molecule has 55 heavy (non-hydrogen) atoms. The van der Waals surface area contributed by atoms with Gasteiger partial charge in [-0.3, -0.25) is 34.2 Å². The van der Waals surface area contributed by atoms with Crippen molar-refractivity contribution in [1.29, 1.82) is 5.41 Å². The van der Waals surface area contributed by atoms with Crippen molar-refractivity contribution in [2.45, 2.75) is 121 Å². The molecule has 2 fully saturated rings. The second-order valence-electron chi connectivity index (χ2n) is 15.8. The molecule has 1 aromatic rings. The van der Waals surface area contributed by atoms with Gasteiger partial charge in [0.2, 0.25) is 35.4 Å². The van der Waals surface area contributed by atoms with E-state index in [2.05, 4.69) is 26.6 Å². The third kappa shape index (κ3) is 13.0. The van der Waals surface area contributed by atoms with Crippen molar-refractivity contribution in [3.8, 4) is 0 Å². The number of fused-ring (bicyclic) bond motifs is 3. The molecule has 0 spiro atoms. The number of rotatable bonds is 10. The summed E-state index contributed by atoms with van der Waals surface area (Å²) in [7, 11) is 0. The van der Waals surface area contributed by atoms with Gasteiger partial charge in [0, 0.05) is 31.0 Å². The van der Waals surface area contributed by atoms with Crippen LogP contribution in [-0.2, 0) is 34.5 Å². The maximum atomic E-state index is 14.3. The highest BCUT2D eigenvalue weighted by Gasteiger charge is 2.39. The van der Waals surface area contributed by atoms with Crippen molar-refractivity contribution in [3.63, 3.8) is 0 Å². The molecular formula is C39H59N9O6S. The number of amides is 6. The SMILES string of the molecule is CC(C)(C)[C@H](NC(=O)[C@H](CCCNC(=N)N)NC(=O)[C@@H]1CSCc2cccc(c2)/C=C/CC(=O)N2CCC[C@H]2C(=O)N[C@@H](C2CCCCC2)C(=O)N1)C(N)=O. The Kier molecular flexibility index (Phi) is 16.0. The molecule has 2 bridgehead atoms. The Bertz CT molecular complexity index is 1590. The molecule has 1 saturated carbocycles. The number of nitrogens with one attached hydrogen (secondary N) is 6. The number of benzene rings is 1. The van der Waals surface area contributed by atoms with Gasteiger partial charge in [-0.25, -0.2) is 0 Å². The van der Waals surface area contributed by atoms with Crippen LogP contribution >= 0.6 is 11.8 Å². The summed E-state index contributed by atoms with van der Waals surface area (Å²) in [4.78, 5) is 83.4. The topological polar surface area (TPSA) is 242 Å². The maximum absolute atomic E-state index is 14.3. The van der Waals surface area contributed by atoms with E-state index in [1.54, 1.807) is 31.7 Å². The average molecular weight is 782 g/mol. The molecule has 0 unspecified atom stereocenters. The van der Waals surface area contributed by atoms with Gasteiger partial charge in [0.25, 0.3) is 0 Å².